The molecule has 3 aromatic carbocycles. The predicted molar refractivity (Wildman–Crippen MR) is 140 cm³/mol. The number of urea groups is 1. The number of nitrogens with one attached hydrogen (secondary N) is 1. The average Bonchev–Trinajstić information content (AvgIpc) is 3.18. The van der Waals surface area contributed by atoms with Crippen LogP contribution in [0.15, 0.2) is 72.8 Å². The van der Waals surface area contributed by atoms with Gasteiger partial charge in [0.15, 0.2) is 0 Å². The van der Waals surface area contributed by atoms with Crippen LogP contribution in [0.25, 0.3) is 0 Å². The van der Waals surface area contributed by atoms with Gasteiger partial charge in [0.1, 0.15) is 11.6 Å². The van der Waals surface area contributed by atoms with Gasteiger partial charge in [0.05, 0.1) is 12.8 Å². The van der Waals surface area contributed by atoms with Crippen molar-refractivity contribution >= 4 is 11.7 Å². The van der Waals surface area contributed by atoms with Crippen LogP contribution >= 0.6 is 0 Å². The number of anilines is 1. The van der Waals surface area contributed by atoms with Crippen molar-refractivity contribution in [1.82, 2.24) is 9.80 Å². The van der Waals surface area contributed by atoms with Crippen molar-refractivity contribution < 1.29 is 13.9 Å². The fourth-order valence-corrected chi connectivity index (χ4v) is 5.19. The molecule has 0 bridgehead atoms. The number of hydrogen-bond acceptors (Lipinski definition) is 3. The number of rotatable bonds is 3. The highest BCUT2D eigenvalue weighted by Gasteiger charge is 2.38. The summed E-state index contributed by atoms with van der Waals surface area (Å²) < 4.78 is 19.5. The molecule has 5 nitrogen and oxygen atoms in total. The number of carbonyl (C=O) groups is 1. The molecule has 184 valence electrons. The summed E-state index contributed by atoms with van der Waals surface area (Å²) in [6, 6.07) is 22.9. The average molecular weight is 484 g/mol. The van der Waals surface area contributed by atoms with E-state index in [2.05, 4.69) is 46.3 Å². The molecule has 0 unspecified atom stereocenters. The van der Waals surface area contributed by atoms with E-state index in [0.29, 0.717) is 24.8 Å². The molecule has 2 saturated heterocycles. The molecule has 3 aromatic rings. The van der Waals surface area contributed by atoms with Gasteiger partial charge in [-0.15, -0.1) is 0 Å². The van der Waals surface area contributed by atoms with Crippen molar-refractivity contribution in [3.63, 3.8) is 0 Å². The number of ether oxygens (including phenoxy) is 1. The van der Waals surface area contributed by atoms with Crippen LogP contribution in [-0.2, 0) is 0 Å². The van der Waals surface area contributed by atoms with E-state index >= 15 is 0 Å². The molecule has 1 N–H and O–H groups in total. The molecule has 6 heteroatoms. The zero-order valence-electron chi connectivity index (χ0n) is 20.4. The number of amides is 2. The van der Waals surface area contributed by atoms with Crippen molar-refractivity contribution in [2.75, 3.05) is 38.6 Å². The quantitative estimate of drug-likeness (QED) is 0.512. The Hall–Kier alpha value is -3.82. The number of carbonyl (C=O) groups excluding carboxylic acids is 1. The molecule has 2 atom stereocenters. The largest absolute Gasteiger partial charge is 0.497 e. The minimum Gasteiger partial charge on any atom is -0.497 e. The smallest absolute Gasteiger partial charge is 0.321 e. The summed E-state index contributed by atoms with van der Waals surface area (Å²) in [4.78, 5) is 17.4. The second-order valence-electron chi connectivity index (χ2n) is 9.31. The molecule has 2 fully saturated rings. The zero-order chi connectivity index (χ0) is 24.9. The topological polar surface area (TPSA) is 44.8 Å². The predicted octanol–water partition coefficient (Wildman–Crippen LogP) is 5.33. The first-order valence-corrected chi connectivity index (χ1v) is 12.4. The Kier molecular flexibility index (Phi) is 7.20. The van der Waals surface area contributed by atoms with Gasteiger partial charge in [0, 0.05) is 48.8 Å². The van der Waals surface area contributed by atoms with E-state index in [9.17, 15) is 9.18 Å². The molecule has 2 amide bonds. The highest BCUT2D eigenvalue weighted by molar-refractivity contribution is 5.89. The monoisotopic (exact) mass is 483 g/mol. The molecule has 0 aromatic heterocycles. The Morgan fingerprint density at radius 2 is 1.72 bits per heavy atom. The van der Waals surface area contributed by atoms with Crippen LogP contribution in [-0.4, -0.2) is 55.2 Å². The first-order chi connectivity index (χ1) is 17.6. The van der Waals surface area contributed by atoms with Gasteiger partial charge in [-0.05, 0) is 61.3 Å². The molecule has 0 aliphatic carbocycles. The summed E-state index contributed by atoms with van der Waals surface area (Å²) in [5.74, 6) is 6.70. The highest BCUT2D eigenvalue weighted by Crippen LogP contribution is 2.35. The van der Waals surface area contributed by atoms with E-state index in [1.165, 1.54) is 24.8 Å². The Morgan fingerprint density at radius 3 is 2.44 bits per heavy atom. The molecule has 0 saturated carbocycles. The number of methoxy groups -OCH3 is 1. The lowest BCUT2D eigenvalue weighted by molar-refractivity contribution is 0.196. The van der Waals surface area contributed by atoms with Crippen molar-refractivity contribution in [2.24, 2.45) is 0 Å². The first kappa shape index (κ1) is 23.9. The second kappa shape index (κ2) is 10.8. The summed E-state index contributed by atoms with van der Waals surface area (Å²) >= 11 is 0. The Balaban J connectivity index is 1.27. The third-order valence-electron chi connectivity index (χ3n) is 7.11. The molecule has 36 heavy (non-hydrogen) atoms. The minimum atomic E-state index is -0.506. The maximum atomic E-state index is 14.4. The van der Waals surface area contributed by atoms with Gasteiger partial charge < -0.3 is 15.0 Å². The number of benzene rings is 3. The van der Waals surface area contributed by atoms with Gasteiger partial charge in [0.2, 0.25) is 0 Å². The fourth-order valence-electron chi connectivity index (χ4n) is 5.19. The summed E-state index contributed by atoms with van der Waals surface area (Å²) in [5, 5.41) is 2.75. The van der Waals surface area contributed by atoms with E-state index < -0.39 is 5.82 Å². The van der Waals surface area contributed by atoms with Crippen LogP contribution in [0.3, 0.4) is 0 Å². The van der Waals surface area contributed by atoms with Gasteiger partial charge in [-0.25, -0.2) is 9.18 Å². The van der Waals surface area contributed by atoms with E-state index in [-0.39, 0.29) is 17.8 Å². The van der Waals surface area contributed by atoms with E-state index in [0.717, 1.165) is 37.1 Å². The molecule has 5 rings (SSSR count). The van der Waals surface area contributed by atoms with E-state index in [1.54, 1.807) is 6.07 Å². The van der Waals surface area contributed by atoms with Gasteiger partial charge in [-0.3, -0.25) is 4.90 Å². The first-order valence-electron chi connectivity index (χ1n) is 12.4. The van der Waals surface area contributed by atoms with Crippen molar-refractivity contribution in [2.45, 2.75) is 24.8 Å². The lowest BCUT2D eigenvalue weighted by Gasteiger charge is -2.30. The second-order valence-corrected chi connectivity index (χ2v) is 9.31. The molecule has 0 radical (unpaired) electrons. The maximum absolute atomic E-state index is 14.4. The third kappa shape index (κ3) is 5.37. The summed E-state index contributed by atoms with van der Waals surface area (Å²) in [6.07, 6.45) is 1.96. The lowest BCUT2D eigenvalue weighted by atomic mass is 9.91. The zero-order valence-corrected chi connectivity index (χ0v) is 20.4. The van der Waals surface area contributed by atoms with Crippen LogP contribution in [0, 0.1) is 17.7 Å². The van der Waals surface area contributed by atoms with Crippen LogP contribution in [0.1, 0.15) is 35.4 Å². The van der Waals surface area contributed by atoms with Crippen LogP contribution in [0.5, 0.6) is 5.75 Å². The van der Waals surface area contributed by atoms with Crippen molar-refractivity contribution in [1.29, 1.82) is 0 Å². The molecular weight excluding hydrogens is 453 g/mol. The Bertz CT molecular complexity index is 1270. The summed E-state index contributed by atoms with van der Waals surface area (Å²) in [6.45, 7) is 3.25. The third-order valence-corrected chi connectivity index (χ3v) is 7.11. The Morgan fingerprint density at radius 1 is 0.972 bits per heavy atom. The summed E-state index contributed by atoms with van der Waals surface area (Å²) in [5.41, 5.74) is 3.42. The van der Waals surface area contributed by atoms with Gasteiger partial charge in [-0.1, -0.05) is 42.2 Å². The molecular formula is C30H30FN3O2. The van der Waals surface area contributed by atoms with Gasteiger partial charge in [-0.2, -0.15) is 0 Å². The molecule has 0 spiro atoms. The maximum Gasteiger partial charge on any atom is 0.321 e. The van der Waals surface area contributed by atoms with Crippen LogP contribution < -0.4 is 10.1 Å². The van der Waals surface area contributed by atoms with Gasteiger partial charge in [0.25, 0.3) is 0 Å². The Labute approximate surface area is 211 Å². The summed E-state index contributed by atoms with van der Waals surface area (Å²) in [7, 11) is 1.49. The van der Waals surface area contributed by atoms with Crippen LogP contribution in [0.2, 0.25) is 0 Å². The van der Waals surface area contributed by atoms with E-state index in [1.807, 2.05) is 35.2 Å². The van der Waals surface area contributed by atoms with Crippen molar-refractivity contribution in [3.8, 4) is 17.6 Å². The number of nitrogens with zero attached hydrogens (tertiary/aromatic N) is 2. The van der Waals surface area contributed by atoms with Crippen molar-refractivity contribution in [3.05, 3.63) is 95.3 Å². The van der Waals surface area contributed by atoms with Gasteiger partial charge >= 0.3 is 6.03 Å². The lowest BCUT2D eigenvalue weighted by Crippen LogP contribution is -2.43. The highest BCUT2D eigenvalue weighted by atomic mass is 19.1. The van der Waals surface area contributed by atoms with E-state index in [4.69, 9.17) is 4.74 Å². The molecule has 2 aliphatic heterocycles. The number of fused-ring (bicyclic) bond motifs is 1. The number of hydrogen-bond donors (Lipinski definition) is 1. The SMILES string of the molecule is COc1ccc(NC(=O)N2CCCN3CC[C@H](c4ccc(C#Cc5ccccc5)cc4)[C@@H]3C2)c(F)c1. The van der Waals surface area contributed by atoms with Crippen LogP contribution in [0.4, 0.5) is 14.9 Å². The molecule has 2 heterocycles. The number of halogens is 1. The normalized spacial score (nSPS) is 19.6. The minimum absolute atomic E-state index is 0.164. The standard InChI is InChI=1S/C30H30FN3O2/c1-36-25-14-15-28(27(31)20-25)32-30(35)34-18-5-17-33-19-16-26(29(33)21-34)24-12-10-23(11-13-24)9-8-22-6-3-2-4-7-22/h2-4,6-7,10-15,20,26,29H,5,16-19,21H2,1H3,(H,32,35)/t26-,29+/m1/s1. The fraction of sp³-hybridized carbons (Fsp3) is 0.300. The molecule has 2 aliphatic rings.